The van der Waals surface area contributed by atoms with Crippen molar-refractivity contribution in [3.8, 4) is 5.69 Å². The topological polar surface area (TPSA) is 33.1 Å². The average molecular weight is 270 g/mol. The molecule has 1 saturated heterocycles. The van der Waals surface area contributed by atoms with E-state index in [1.165, 1.54) is 0 Å². The van der Waals surface area contributed by atoms with Crippen LogP contribution < -0.4 is 5.32 Å². The largest absolute Gasteiger partial charge is 0.314 e. The third-order valence-electron chi connectivity index (χ3n) is 3.99. The van der Waals surface area contributed by atoms with Crippen LogP contribution in [0, 0.1) is 0 Å². The molecule has 0 aliphatic carbocycles. The lowest BCUT2D eigenvalue weighted by molar-refractivity contribution is 0.0813. The van der Waals surface area contributed by atoms with Crippen LogP contribution in [0.1, 0.15) is 19.5 Å². The number of benzene rings is 1. The van der Waals surface area contributed by atoms with E-state index in [-0.39, 0.29) is 5.54 Å². The first kappa shape index (κ1) is 13.3. The molecule has 4 heteroatoms. The smallest absolute Gasteiger partial charge is 0.0769 e. The van der Waals surface area contributed by atoms with Crippen molar-refractivity contribution in [1.29, 1.82) is 0 Å². The lowest BCUT2D eigenvalue weighted by Gasteiger charge is -2.42. The minimum Gasteiger partial charge on any atom is -0.314 e. The van der Waals surface area contributed by atoms with Crippen LogP contribution in [-0.4, -0.2) is 39.9 Å². The third-order valence-corrected chi connectivity index (χ3v) is 3.99. The molecular formula is C16H22N4. The number of nitrogens with zero attached hydrogens (tertiary/aromatic N) is 3. The summed E-state index contributed by atoms with van der Waals surface area (Å²) in [6.07, 6.45) is 2.04. The van der Waals surface area contributed by atoms with E-state index in [2.05, 4.69) is 42.3 Å². The predicted octanol–water partition coefficient (Wildman–Crippen LogP) is 2.06. The van der Waals surface area contributed by atoms with Gasteiger partial charge in [0.05, 0.1) is 11.4 Å². The molecule has 1 aromatic heterocycles. The summed E-state index contributed by atoms with van der Waals surface area (Å²) in [7, 11) is 0. The highest BCUT2D eigenvalue weighted by Gasteiger charge is 2.29. The van der Waals surface area contributed by atoms with E-state index < -0.39 is 0 Å². The van der Waals surface area contributed by atoms with Crippen LogP contribution in [0.25, 0.3) is 5.69 Å². The third kappa shape index (κ3) is 2.76. The van der Waals surface area contributed by atoms with E-state index in [4.69, 9.17) is 5.10 Å². The van der Waals surface area contributed by atoms with E-state index in [0.29, 0.717) is 0 Å². The molecule has 1 aromatic carbocycles. The standard InChI is InChI=1S/C16H22N4/c1-16(2)13-17-9-11-19(16)12-14-8-10-20(18-14)15-6-4-3-5-7-15/h3-8,10,17H,9,11-13H2,1-2H3. The number of piperazine rings is 1. The number of para-hydroxylation sites is 1. The Morgan fingerprint density at radius 2 is 2.00 bits per heavy atom. The molecule has 1 aliphatic rings. The van der Waals surface area contributed by atoms with Crippen LogP contribution in [-0.2, 0) is 6.54 Å². The van der Waals surface area contributed by atoms with E-state index in [0.717, 1.165) is 37.6 Å². The van der Waals surface area contributed by atoms with Crippen LogP contribution in [0.2, 0.25) is 0 Å². The molecular weight excluding hydrogens is 248 g/mol. The van der Waals surface area contributed by atoms with Crippen molar-refractivity contribution in [3.63, 3.8) is 0 Å². The summed E-state index contributed by atoms with van der Waals surface area (Å²) < 4.78 is 1.95. The van der Waals surface area contributed by atoms with Crippen LogP contribution in [0.5, 0.6) is 0 Å². The molecule has 0 atom stereocenters. The first-order valence-corrected chi connectivity index (χ1v) is 7.21. The maximum Gasteiger partial charge on any atom is 0.0769 e. The molecule has 1 N–H and O–H groups in total. The summed E-state index contributed by atoms with van der Waals surface area (Å²) in [5.41, 5.74) is 2.43. The maximum absolute atomic E-state index is 4.69. The molecule has 20 heavy (non-hydrogen) atoms. The van der Waals surface area contributed by atoms with Gasteiger partial charge in [0.15, 0.2) is 0 Å². The van der Waals surface area contributed by atoms with Gasteiger partial charge in [-0.3, -0.25) is 4.90 Å². The molecule has 106 valence electrons. The minimum absolute atomic E-state index is 0.189. The van der Waals surface area contributed by atoms with Crippen LogP contribution in [0.15, 0.2) is 42.6 Å². The Balaban J connectivity index is 1.74. The second kappa shape index (κ2) is 5.38. The number of nitrogens with one attached hydrogen (secondary N) is 1. The van der Waals surface area contributed by atoms with E-state index in [1.54, 1.807) is 0 Å². The van der Waals surface area contributed by atoms with Gasteiger partial charge in [0.25, 0.3) is 0 Å². The summed E-state index contributed by atoms with van der Waals surface area (Å²) in [6, 6.07) is 12.4. The van der Waals surface area contributed by atoms with Crippen LogP contribution in [0.3, 0.4) is 0 Å². The van der Waals surface area contributed by atoms with E-state index in [1.807, 2.05) is 29.1 Å². The Morgan fingerprint density at radius 1 is 1.20 bits per heavy atom. The van der Waals surface area contributed by atoms with Crippen molar-refractivity contribution in [2.75, 3.05) is 19.6 Å². The first-order valence-electron chi connectivity index (χ1n) is 7.21. The molecule has 0 spiro atoms. The zero-order valence-electron chi connectivity index (χ0n) is 12.2. The molecule has 2 aromatic rings. The fourth-order valence-corrected chi connectivity index (χ4v) is 2.68. The molecule has 1 aliphatic heterocycles. The van der Waals surface area contributed by atoms with Gasteiger partial charge in [-0.05, 0) is 32.0 Å². The van der Waals surface area contributed by atoms with Gasteiger partial charge in [-0.2, -0.15) is 5.10 Å². The van der Waals surface area contributed by atoms with Crippen molar-refractivity contribution in [2.24, 2.45) is 0 Å². The SMILES string of the molecule is CC1(C)CNCCN1Cc1ccn(-c2ccccc2)n1. The van der Waals surface area contributed by atoms with Crippen molar-refractivity contribution >= 4 is 0 Å². The molecule has 0 unspecified atom stereocenters. The number of hydrogen-bond acceptors (Lipinski definition) is 3. The van der Waals surface area contributed by atoms with Gasteiger partial charge in [0.2, 0.25) is 0 Å². The lowest BCUT2D eigenvalue weighted by Crippen LogP contribution is -2.57. The lowest BCUT2D eigenvalue weighted by atomic mass is 10.00. The Bertz CT molecular complexity index is 559. The fourth-order valence-electron chi connectivity index (χ4n) is 2.68. The van der Waals surface area contributed by atoms with E-state index in [9.17, 15) is 0 Å². The monoisotopic (exact) mass is 270 g/mol. The molecule has 4 nitrogen and oxygen atoms in total. The summed E-state index contributed by atoms with van der Waals surface area (Å²) in [5, 5.41) is 8.15. The number of rotatable bonds is 3. The van der Waals surface area contributed by atoms with Crippen molar-refractivity contribution in [1.82, 2.24) is 20.0 Å². The minimum atomic E-state index is 0.189. The molecule has 1 fully saturated rings. The van der Waals surface area contributed by atoms with Gasteiger partial charge in [-0.15, -0.1) is 0 Å². The molecule has 3 rings (SSSR count). The summed E-state index contributed by atoms with van der Waals surface area (Å²) in [6.45, 7) is 8.65. The number of aromatic nitrogens is 2. The Kier molecular flexibility index (Phi) is 3.59. The van der Waals surface area contributed by atoms with Crippen molar-refractivity contribution in [2.45, 2.75) is 25.9 Å². The van der Waals surface area contributed by atoms with Gasteiger partial charge >= 0.3 is 0 Å². The zero-order chi connectivity index (χ0) is 14.0. The Labute approximate surface area is 120 Å². The molecule has 0 bridgehead atoms. The second-order valence-electron chi connectivity index (χ2n) is 6.00. The predicted molar refractivity (Wildman–Crippen MR) is 80.9 cm³/mol. The average Bonchev–Trinajstić information content (AvgIpc) is 2.91. The molecule has 0 amide bonds. The van der Waals surface area contributed by atoms with Crippen LogP contribution >= 0.6 is 0 Å². The molecule has 2 heterocycles. The van der Waals surface area contributed by atoms with Crippen LogP contribution in [0.4, 0.5) is 0 Å². The zero-order valence-corrected chi connectivity index (χ0v) is 12.2. The highest BCUT2D eigenvalue weighted by molar-refractivity contribution is 5.30. The first-order chi connectivity index (χ1) is 9.65. The van der Waals surface area contributed by atoms with Gasteiger partial charge in [0.1, 0.15) is 0 Å². The van der Waals surface area contributed by atoms with Gasteiger partial charge in [-0.25, -0.2) is 4.68 Å². The fraction of sp³-hybridized carbons (Fsp3) is 0.438. The molecule has 0 saturated carbocycles. The highest BCUT2D eigenvalue weighted by atomic mass is 15.3. The van der Waals surface area contributed by atoms with Gasteiger partial charge in [-0.1, -0.05) is 18.2 Å². The van der Waals surface area contributed by atoms with E-state index >= 15 is 0 Å². The summed E-state index contributed by atoms with van der Waals surface area (Å²) >= 11 is 0. The Hall–Kier alpha value is -1.65. The van der Waals surface area contributed by atoms with Crippen molar-refractivity contribution in [3.05, 3.63) is 48.3 Å². The quantitative estimate of drug-likeness (QED) is 0.926. The van der Waals surface area contributed by atoms with Crippen molar-refractivity contribution < 1.29 is 0 Å². The normalized spacial score (nSPS) is 19.1. The highest BCUT2D eigenvalue weighted by Crippen LogP contribution is 2.19. The number of hydrogen-bond donors (Lipinski definition) is 1. The molecule has 0 radical (unpaired) electrons. The summed E-state index contributed by atoms with van der Waals surface area (Å²) in [5.74, 6) is 0. The van der Waals surface area contributed by atoms with Gasteiger partial charge in [0, 0.05) is 37.9 Å². The Morgan fingerprint density at radius 3 is 2.75 bits per heavy atom. The second-order valence-corrected chi connectivity index (χ2v) is 6.00. The van der Waals surface area contributed by atoms with Gasteiger partial charge < -0.3 is 5.32 Å². The maximum atomic E-state index is 4.69. The summed E-state index contributed by atoms with van der Waals surface area (Å²) in [4.78, 5) is 2.50.